The molecule has 1 amide bonds. The number of rotatable bonds is 11. The van der Waals surface area contributed by atoms with E-state index in [1.165, 1.54) is 12.1 Å². The highest BCUT2D eigenvalue weighted by Crippen LogP contribution is 2.27. The molecule has 0 spiro atoms. The van der Waals surface area contributed by atoms with Crippen LogP contribution in [0.2, 0.25) is 5.02 Å². The molecule has 1 saturated heterocycles. The number of hydrogen-bond donors (Lipinski definition) is 1. The van der Waals surface area contributed by atoms with Crippen molar-refractivity contribution in [2.75, 3.05) is 33.4 Å². The van der Waals surface area contributed by atoms with Crippen molar-refractivity contribution in [1.29, 1.82) is 0 Å². The smallest absolute Gasteiger partial charge is 0.407 e. The Labute approximate surface area is 229 Å². The molecule has 0 aliphatic carbocycles. The second kappa shape index (κ2) is 13.4. The van der Waals surface area contributed by atoms with Crippen molar-refractivity contribution >= 4 is 23.7 Å². The highest BCUT2D eigenvalue weighted by atomic mass is 35.5. The Morgan fingerprint density at radius 2 is 1.84 bits per heavy atom. The Bertz CT molecular complexity index is 1080. The van der Waals surface area contributed by atoms with Crippen LogP contribution in [0.3, 0.4) is 0 Å². The molecule has 0 saturated carbocycles. The fraction of sp³-hybridized carbons (Fsp3) is 0.517. The zero-order chi connectivity index (χ0) is 27.9. The van der Waals surface area contributed by atoms with Gasteiger partial charge in [-0.05, 0) is 69.9 Å². The fourth-order valence-corrected chi connectivity index (χ4v) is 4.64. The summed E-state index contributed by atoms with van der Waals surface area (Å²) in [6.45, 7) is 9.46. The molecule has 7 nitrogen and oxygen atoms in total. The molecular weight excluding hydrogens is 511 g/mol. The number of carbonyl (C=O) groups excluding carboxylic acids is 2. The van der Waals surface area contributed by atoms with Crippen molar-refractivity contribution in [1.82, 2.24) is 10.2 Å². The molecular formula is C29H38ClFN2O5. The van der Waals surface area contributed by atoms with Crippen LogP contribution < -0.4 is 5.32 Å². The van der Waals surface area contributed by atoms with Crippen LogP contribution >= 0.6 is 11.6 Å². The SMILES string of the molecule is CCOC(=O)C(CC(Cc1ccc(-c2cc(Cl)ccc2F)cc1)NC(=O)OC(C)(C)C)CN1CC(OC)C1. The first-order valence-corrected chi connectivity index (χ1v) is 13.3. The molecule has 1 aliphatic rings. The second-order valence-corrected chi connectivity index (χ2v) is 11.1. The summed E-state index contributed by atoms with van der Waals surface area (Å²) >= 11 is 6.06. The molecule has 1 N–H and O–H groups in total. The molecule has 1 heterocycles. The third kappa shape index (κ3) is 8.96. The first-order chi connectivity index (χ1) is 18.0. The number of ether oxygens (including phenoxy) is 3. The predicted octanol–water partition coefficient (Wildman–Crippen LogP) is 5.48. The van der Waals surface area contributed by atoms with Crippen LogP contribution in [0.5, 0.6) is 0 Å². The van der Waals surface area contributed by atoms with E-state index >= 15 is 0 Å². The monoisotopic (exact) mass is 548 g/mol. The number of amides is 1. The van der Waals surface area contributed by atoms with Crippen molar-refractivity contribution in [3.8, 4) is 11.1 Å². The minimum absolute atomic E-state index is 0.163. The van der Waals surface area contributed by atoms with Crippen molar-refractivity contribution in [3.05, 3.63) is 58.9 Å². The summed E-state index contributed by atoms with van der Waals surface area (Å²) < 4.78 is 30.5. The summed E-state index contributed by atoms with van der Waals surface area (Å²) in [5.41, 5.74) is 1.37. The quantitative estimate of drug-likeness (QED) is 0.375. The van der Waals surface area contributed by atoms with Crippen molar-refractivity contribution in [2.45, 2.75) is 58.3 Å². The summed E-state index contributed by atoms with van der Waals surface area (Å²) in [5.74, 6) is -1.09. The van der Waals surface area contributed by atoms with E-state index in [0.29, 0.717) is 35.5 Å². The molecule has 208 valence electrons. The average molecular weight is 549 g/mol. The fourth-order valence-electron chi connectivity index (χ4n) is 4.47. The number of alkyl carbamates (subject to hydrolysis) is 1. The lowest BCUT2D eigenvalue weighted by molar-refractivity contribution is -0.150. The third-order valence-electron chi connectivity index (χ3n) is 6.32. The number of methoxy groups -OCH3 is 1. The molecule has 2 atom stereocenters. The van der Waals surface area contributed by atoms with E-state index in [9.17, 15) is 14.0 Å². The van der Waals surface area contributed by atoms with Gasteiger partial charge in [0.1, 0.15) is 11.4 Å². The molecule has 2 aromatic carbocycles. The van der Waals surface area contributed by atoms with Crippen LogP contribution in [0.4, 0.5) is 9.18 Å². The van der Waals surface area contributed by atoms with Crippen molar-refractivity contribution in [3.63, 3.8) is 0 Å². The van der Waals surface area contributed by atoms with Gasteiger partial charge in [-0.3, -0.25) is 9.69 Å². The number of carbonyl (C=O) groups is 2. The van der Waals surface area contributed by atoms with E-state index in [-0.39, 0.29) is 24.5 Å². The number of esters is 1. The molecule has 0 bridgehead atoms. The highest BCUT2D eigenvalue weighted by molar-refractivity contribution is 6.30. The summed E-state index contributed by atoms with van der Waals surface area (Å²) in [6.07, 6.45) is 0.438. The maximum atomic E-state index is 14.3. The number of nitrogens with one attached hydrogen (secondary N) is 1. The Hall–Kier alpha value is -2.68. The van der Waals surface area contributed by atoms with Gasteiger partial charge in [0.25, 0.3) is 0 Å². The Balaban J connectivity index is 1.78. The van der Waals surface area contributed by atoms with Crippen LogP contribution in [0.1, 0.15) is 39.7 Å². The largest absolute Gasteiger partial charge is 0.466 e. The van der Waals surface area contributed by atoms with Gasteiger partial charge in [0.05, 0.1) is 18.6 Å². The molecule has 2 unspecified atom stereocenters. The zero-order valence-corrected chi connectivity index (χ0v) is 23.5. The maximum Gasteiger partial charge on any atom is 0.407 e. The predicted molar refractivity (Wildman–Crippen MR) is 146 cm³/mol. The lowest BCUT2D eigenvalue weighted by Gasteiger charge is -2.40. The minimum Gasteiger partial charge on any atom is -0.466 e. The third-order valence-corrected chi connectivity index (χ3v) is 6.56. The van der Waals surface area contributed by atoms with Gasteiger partial charge in [-0.2, -0.15) is 0 Å². The molecule has 0 aromatic heterocycles. The van der Waals surface area contributed by atoms with E-state index in [1.54, 1.807) is 40.9 Å². The van der Waals surface area contributed by atoms with Crippen LogP contribution in [-0.4, -0.2) is 68.1 Å². The Morgan fingerprint density at radius 1 is 1.16 bits per heavy atom. The van der Waals surface area contributed by atoms with E-state index in [4.69, 9.17) is 25.8 Å². The Kier molecular flexibility index (Phi) is 10.5. The molecule has 38 heavy (non-hydrogen) atoms. The lowest BCUT2D eigenvalue weighted by atomic mass is 9.92. The molecule has 0 radical (unpaired) electrons. The van der Waals surface area contributed by atoms with E-state index < -0.39 is 23.7 Å². The first kappa shape index (κ1) is 29.9. The summed E-state index contributed by atoms with van der Waals surface area (Å²) in [6, 6.07) is 11.5. The van der Waals surface area contributed by atoms with E-state index in [0.717, 1.165) is 18.7 Å². The molecule has 1 fully saturated rings. The van der Waals surface area contributed by atoms with Gasteiger partial charge in [0.15, 0.2) is 0 Å². The topological polar surface area (TPSA) is 77.1 Å². The van der Waals surface area contributed by atoms with Crippen LogP contribution in [0, 0.1) is 11.7 Å². The van der Waals surface area contributed by atoms with Crippen LogP contribution in [-0.2, 0) is 25.4 Å². The van der Waals surface area contributed by atoms with Gasteiger partial charge >= 0.3 is 12.1 Å². The van der Waals surface area contributed by atoms with Crippen LogP contribution in [0.15, 0.2) is 42.5 Å². The zero-order valence-electron chi connectivity index (χ0n) is 22.8. The molecule has 2 aromatic rings. The van der Waals surface area contributed by atoms with Gasteiger partial charge in [-0.15, -0.1) is 0 Å². The number of nitrogens with zero attached hydrogens (tertiary/aromatic N) is 1. The molecule has 1 aliphatic heterocycles. The van der Waals surface area contributed by atoms with E-state index in [2.05, 4.69) is 10.2 Å². The Morgan fingerprint density at radius 3 is 2.45 bits per heavy atom. The second-order valence-electron chi connectivity index (χ2n) is 10.6. The van der Waals surface area contributed by atoms with Crippen molar-refractivity contribution in [2.24, 2.45) is 5.92 Å². The normalized spacial score (nSPS) is 15.9. The lowest BCUT2D eigenvalue weighted by Crippen LogP contribution is -2.54. The number of halogens is 2. The molecule has 9 heteroatoms. The summed E-state index contributed by atoms with van der Waals surface area (Å²) in [5, 5.41) is 3.41. The molecule has 3 rings (SSSR count). The number of benzene rings is 2. The van der Waals surface area contributed by atoms with Gasteiger partial charge in [0.2, 0.25) is 0 Å². The van der Waals surface area contributed by atoms with Gasteiger partial charge in [-0.1, -0.05) is 35.9 Å². The average Bonchev–Trinajstić information content (AvgIpc) is 2.81. The van der Waals surface area contributed by atoms with Crippen LogP contribution in [0.25, 0.3) is 11.1 Å². The highest BCUT2D eigenvalue weighted by Gasteiger charge is 2.33. The minimum atomic E-state index is -0.662. The summed E-state index contributed by atoms with van der Waals surface area (Å²) in [4.78, 5) is 27.7. The van der Waals surface area contributed by atoms with Gasteiger partial charge in [-0.25, -0.2) is 9.18 Å². The standard InChI is InChI=1S/C29H38ClFN2O5/c1-6-37-27(34)21(16-33-17-24(18-33)36-5)14-23(32-28(35)38-29(2,3)4)13-19-7-9-20(10-8-19)25-15-22(30)11-12-26(25)31/h7-12,15,21,23-24H,6,13-14,16-18H2,1-5H3,(H,32,35). The number of likely N-dealkylation sites (tertiary alicyclic amines) is 1. The number of hydrogen-bond acceptors (Lipinski definition) is 6. The van der Waals surface area contributed by atoms with Gasteiger partial charge < -0.3 is 19.5 Å². The summed E-state index contributed by atoms with van der Waals surface area (Å²) in [7, 11) is 1.68. The van der Waals surface area contributed by atoms with Gasteiger partial charge in [0, 0.05) is 43.4 Å². The van der Waals surface area contributed by atoms with E-state index in [1.807, 2.05) is 24.3 Å². The maximum absolute atomic E-state index is 14.3. The van der Waals surface area contributed by atoms with Crippen molar-refractivity contribution < 1.29 is 28.2 Å². The first-order valence-electron chi connectivity index (χ1n) is 12.9.